The second-order valence-electron chi connectivity index (χ2n) is 0.816. The number of hydrogen-bond donors (Lipinski definition) is 0. The molecule has 0 aliphatic heterocycles. The van der Waals surface area contributed by atoms with Crippen LogP contribution in [-0.4, -0.2) is 224 Å². The van der Waals surface area contributed by atoms with Crippen LogP contribution in [0.25, 0.3) is 0 Å². The van der Waals surface area contributed by atoms with E-state index in [0.717, 1.165) is 0 Å². The maximum Gasteiger partial charge on any atom is 2.00 e. The molecule has 0 heterocycles. The van der Waals surface area contributed by atoms with E-state index in [-0.39, 0.29) is 240 Å². The van der Waals surface area contributed by atoms with Crippen molar-refractivity contribution in [2.45, 2.75) is 0 Å². The van der Waals surface area contributed by atoms with Gasteiger partial charge in [-0.15, -0.1) is 0 Å². The molecule has 0 saturated heterocycles. The minimum atomic E-state index is -5.17. The fourth-order valence-electron chi connectivity index (χ4n) is 0. The molecular formula is Ca5KO8S2+7. The van der Waals surface area contributed by atoms with E-state index >= 15 is 0 Å². The van der Waals surface area contributed by atoms with Gasteiger partial charge in [0.05, 0.1) is 0 Å². The first-order chi connectivity index (χ1) is 4.00. The van der Waals surface area contributed by atoms with Gasteiger partial charge in [-0.1, -0.05) is 0 Å². The molecule has 0 aliphatic rings. The second-order valence-corrected chi connectivity index (χ2v) is 2.45. The third kappa shape index (κ3) is 157. The number of rotatable bonds is 0. The van der Waals surface area contributed by atoms with Gasteiger partial charge in [-0.25, -0.2) is 0 Å². The topological polar surface area (TPSA) is 161 Å². The molecule has 0 aromatic rings. The van der Waals surface area contributed by atoms with Gasteiger partial charge in [0.15, 0.2) is 0 Å². The molecular weight excluding hydrogens is 432 g/mol. The van der Waals surface area contributed by atoms with Crippen LogP contribution in [0.1, 0.15) is 0 Å². The van der Waals surface area contributed by atoms with Crippen LogP contribution in [-0.2, 0) is 20.8 Å². The van der Waals surface area contributed by atoms with Gasteiger partial charge in [0.25, 0.3) is 0 Å². The molecule has 0 fully saturated rings. The summed E-state index contributed by atoms with van der Waals surface area (Å²) in [5.74, 6) is 0. The number of hydrogen-bond acceptors (Lipinski definition) is 8. The maximum atomic E-state index is 8.52. The summed E-state index contributed by atoms with van der Waals surface area (Å²) >= 11 is 0. The predicted molar refractivity (Wildman–Crippen MR) is 49.7 cm³/mol. The van der Waals surface area contributed by atoms with Crippen molar-refractivity contribution in [2.75, 3.05) is 0 Å². The van der Waals surface area contributed by atoms with Gasteiger partial charge in [0, 0.05) is 20.8 Å². The van der Waals surface area contributed by atoms with E-state index in [9.17, 15) is 0 Å². The first-order valence-corrected chi connectivity index (χ1v) is 4.00. The Morgan fingerprint density at radius 1 is 0.500 bits per heavy atom. The van der Waals surface area contributed by atoms with Crippen molar-refractivity contribution in [1.82, 2.24) is 0 Å². The molecule has 16 heteroatoms. The van der Waals surface area contributed by atoms with E-state index < -0.39 is 20.8 Å². The molecule has 0 atom stereocenters. The van der Waals surface area contributed by atoms with Crippen LogP contribution >= 0.6 is 0 Å². The normalized spacial score (nSPS) is 7.25. The van der Waals surface area contributed by atoms with E-state index in [4.69, 9.17) is 35.0 Å². The fourth-order valence-corrected chi connectivity index (χ4v) is 0. The van der Waals surface area contributed by atoms with E-state index in [2.05, 4.69) is 0 Å². The molecule has 0 N–H and O–H groups in total. The van der Waals surface area contributed by atoms with Gasteiger partial charge in [-0.05, 0) is 0 Å². The zero-order chi connectivity index (χ0) is 9.00. The van der Waals surface area contributed by atoms with Gasteiger partial charge >= 0.3 is 240 Å². The summed E-state index contributed by atoms with van der Waals surface area (Å²) in [6, 6.07) is 0. The molecule has 0 unspecified atom stereocenters. The Hall–Kier alpha value is 7.68. The average Bonchev–Trinajstić information content (AvgIpc) is 1.12. The molecule has 0 rings (SSSR count). The minimum absolute atomic E-state index is 0. The summed E-state index contributed by atoms with van der Waals surface area (Å²) in [5, 5.41) is 0. The van der Waals surface area contributed by atoms with Crippen molar-refractivity contribution >= 4 is 209 Å². The SMILES string of the molecule is O=S(=O)([O-])[O-].O=S(=O)([O-])[O-].[Ca+2].[Ca+2].[Ca+2].[Ca+2].[Ca+2].[K+]. The molecule has 0 radical (unpaired) electrons. The largest absolute Gasteiger partial charge is 2.00 e. The Morgan fingerprint density at radius 3 is 0.500 bits per heavy atom. The van der Waals surface area contributed by atoms with Crippen molar-refractivity contribution in [3.63, 3.8) is 0 Å². The summed E-state index contributed by atoms with van der Waals surface area (Å²) in [6.07, 6.45) is 0. The molecule has 0 aliphatic carbocycles. The summed E-state index contributed by atoms with van der Waals surface area (Å²) < 4.78 is 68.2. The van der Waals surface area contributed by atoms with Crippen LogP contribution in [0.2, 0.25) is 0 Å². The molecule has 0 bridgehead atoms. The van der Waals surface area contributed by atoms with Crippen LogP contribution in [0, 0.1) is 0 Å². The predicted octanol–water partition coefficient (Wildman–Crippen LogP) is -7.58. The van der Waals surface area contributed by atoms with E-state index in [1.807, 2.05) is 0 Å². The van der Waals surface area contributed by atoms with Gasteiger partial charge in [0.2, 0.25) is 0 Å². The minimum Gasteiger partial charge on any atom is -0.759 e. The Morgan fingerprint density at radius 2 is 0.500 bits per heavy atom. The van der Waals surface area contributed by atoms with Crippen molar-refractivity contribution < 1.29 is 86.4 Å². The molecule has 0 amide bonds. The molecule has 64 valence electrons. The van der Waals surface area contributed by atoms with Crippen molar-refractivity contribution in [3.8, 4) is 0 Å². The molecule has 0 aromatic heterocycles. The van der Waals surface area contributed by atoms with Crippen LogP contribution in [0.3, 0.4) is 0 Å². The van der Waals surface area contributed by atoms with Crippen LogP contribution in [0.15, 0.2) is 0 Å². The summed E-state index contributed by atoms with van der Waals surface area (Å²) in [4.78, 5) is 0. The Bertz CT molecular complexity index is 223. The first kappa shape index (κ1) is 49.5. The molecule has 16 heavy (non-hydrogen) atoms. The monoisotopic (exact) mass is 431 g/mol. The molecule has 0 spiro atoms. The third-order valence-electron chi connectivity index (χ3n) is 0. The second kappa shape index (κ2) is 27.5. The Balaban J connectivity index is -0.00000000970. The zero-order valence-electron chi connectivity index (χ0n) is 8.62. The van der Waals surface area contributed by atoms with Crippen molar-refractivity contribution in [3.05, 3.63) is 0 Å². The molecule has 0 aromatic carbocycles. The molecule has 0 saturated carbocycles. The summed E-state index contributed by atoms with van der Waals surface area (Å²) in [6.45, 7) is 0. The van der Waals surface area contributed by atoms with Gasteiger partial charge in [0.1, 0.15) is 0 Å². The zero-order valence-corrected chi connectivity index (χ0v) is 24.4. The smallest absolute Gasteiger partial charge is 0.759 e. The van der Waals surface area contributed by atoms with Gasteiger partial charge in [-0.2, -0.15) is 0 Å². The quantitative estimate of drug-likeness (QED) is 0.208. The van der Waals surface area contributed by atoms with Crippen molar-refractivity contribution in [2.24, 2.45) is 0 Å². The summed E-state index contributed by atoms with van der Waals surface area (Å²) in [7, 11) is -10.3. The fraction of sp³-hybridized carbons (Fsp3) is 0. The average molecular weight is 432 g/mol. The van der Waals surface area contributed by atoms with E-state index in [1.165, 1.54) is 0 Å². The van der Waals surface area contributed by atoms with E-state index in [1.54, 1.807) is 0 Å². The Kier molecular flexibility index (Phi) is 85.2. The summed E-state index contributed by atoms with van der Waals surface area (Å²) in [5.41, 5.74) is 0. The third-order valence-corrected chi connectivity index (χ3v) is 0. The first-order valence-electron chi connectivity index (χ1n) is 1.33. The van der Waals surface area contributed by atoms with Crippen LogP contribution < -0.4 is 51.4 Å². The maximum absolute atomic E-state index is 8.52. The van der Waals surface area contributed by atoms with Crippen LogP contribution in [0.4, 0.5) is 0 Å². The van der Waals surface area contributed by atoms with Gasteiger partial charge < -0.3 is 18.2 Å². The van der Waals surface area contributed by atoms with Gasteiger partial charge in [-0.3, -0.25) is 16.8 Å². The molecule has 8 nitrogen and oxygen atoms in total. The van der Waals surface area contributed by atoms with Crippen molar-refractivity contribution in [1.29, 1.82) is 0 Å². The van der Waals surface area contributed by atoms with E-state index in [0.29, 0.717) is 0 Å². The Labute approximate surface area is 286 Å². The standard InChI is InChI=1S/5Ca.K.2H2O4S/c;;;;;;2*1-5(2,3)4/h;;;;;;2*(H2,1,2,3,4)/q5*+2;+1;;/p-4. The van der Waals surface area contributed by atoms with Crippen LogP contribution in [0.5, 0.6) is 0 Å².